The molecular formula is C24H30N4O. The number of benzene rings is 2. The van der Waals surface area contributed by atoms with Crippen molar-refractivity contribution in [2.24, 2.45) is 0 Å². The molecule has 0 bridgehead atoms. The second kappa shape index (κ2) is 6.99. The van der Waals surface area contributed by atoms with Gasteiger partial charge in [-0.25, -0.2) is 5.01 Å². The Morgan fingerprint density at radius 1 is 0.931 bits per heavy atom. The number of hydrogen-bond acceptors (Lipinski definition) is 5. The molecule has 1 N–H and O–H groups in total. The Labute approximate surface area is 173 Å². The summed E-state index contributed by atoms with van der Waals surface area (Å²) >= 11 is 0. The van der Waals surface area contributed by atoms with Crippen molar-refractivity contribution >= 4 is 16.6 Å². The van der Waals surface area contributed by atoms with Gasteiger partial charge in [0.2, 0.25) is 0 Å². The van der Waals surface area contributed by atoms with E-state index in [9.17, 15) is 5.11 Å². The first kappa shape index (κ1) is 19.6. The van der Waals surface area contributed by atoms with E-state index in [-0.39, 0.29) is 16.8 Å². The summed E-state index contributed by atoms with van der Waals surface area (Å²) in [5.41, 5.74) is 1.73. The number of phenolic OH excluding ortho intramolecular Hbond substituents is 1. The Bertz CT molecular complexity index is 1010. The molecule has 0 spiro atoms. The minimum absolute atomic E-state index is 0.0565. The maximum atomic E-state index is 10.4. The van der Waals surface area contributed by atoms with Crippen LogP contribution in [0.1, 0.15) is 47.0 Å². The van der Waals surface area contributed by atoms with Crippen LogP contribution in [0.15, 0.2) is 48.5 Å². The molecule has 0 amide bonds. The van der Waals surface area contributed by atoms with Crippen LogP contribution < -0.4 is 5.01 Å². The number of hydrazine groups is 1. The Morgan fingerprint density at radius 3 is 2.28 bits per heavy atom. The summed E-state index contributed by atoms with van der Waals surface area (Å²) in [6, 6.07) is 15.6. The molecule has 0 radical (unpaired) electrons. The third-order valence-electron chi connectivity index (χ3n) is 6.14. The second-order valence-corrected chi connectivity index (χ2v) is 9.31. The molecule has 4 rings (SSSR count). The summed E-state index contributed by atoms with van der Waals surface area (Å²) in [5, 5.41) is 25.8. The van der Waals surface area contributed by atoms with Crippen molar-refractivity contribution in [3.8, 4) is 17.0 Å². The largest absolute Gasteiger partial charge is 0.507 e. The van der Waals surface area contributed by atoms with Gasteiger partial charge >= 0.3 is 0 Å². The summed E-state index contributed by atoms with van der Waals surface area (Å²) in [6.07, 6.45) is 3.55. The highest BCUT2D eigenvalue weighted by molar-refractivity contribution is 5.92. The van der Waals surface area contributed by atoms with Crippen LogP contribution in [0.4, 0.5) is 5.82 Å². The maximum absolute atomic E-state index is 10.4. The molecule has 1 saturated heterocycles. The van der Waals surface area contributed by atoms with Crippen molar-refractivity contribution in [2.75, 3.05) is 12.1 Å². The smallest absolute Gasteiger partial charge is 0.165 e. The maximum Gasteiger partial charge on any atom is 0.165 e. The van der Waals surface area contributed by atoms with Crippen LogP contribution in [0.25, 0.3) is 22.0 Å². The number of aromatic nitrogens is 2. The van der Waals surface area contributed by atoms with Crippen molar-refractivity contribution in [3.05, 3.63) is 48.5 Å². The van der Waals surface area contributed by atoms with Gasteiger partial charge in [-0.1, -0.05) is 24.3 Å². The molecule has 5 nitrogen and oxygen atoms in total. The Balaban J connectivity index is 1.66. The minimum Gasteiger partial charge on any atom is -0.507 e. The van der Waals surface area contributed by atoms with Gasteiger partial charge in [-0.05, 0) is 76.6 Å². The fourth-order valence-electron chi connectivity index (χ4n) is 4.99. The molecule has 0 unspecified atom stereocenters. The molecule has 1 fully saturated rings. The monoisotopic (exact) mass is 390 g/mol. The summed E-state index contributed by atoms with van der Waals surface area (Å²) < 4.78 is 0. The number of fused-ring (bicyclic) bond motifs is 1. The number of hydrogen-bond donors (Lipinski definition) is 1. The highest BCUT2D eigenvalue weighted by Gasteiger charge is 2.44. The molecule has 0 saturated carbocycles. The lowest BCUT2D eigenvalue weighted by Gasteiger charge is -2.56. The first-order chi connectivity index (χ1) is 13.7. The number of rotatable bonds is 3. The topological polar surface area (TPSA) is 52.5 Å². The summed E-state index contributed by atoms with van der Waals surface area (Å²) in [5.74, 6) is 1.08. The molecule has 0 atom stereocenters. The van der Waals surface area contributed by atoms with Crippen LogP contribution in [0, 0.1) is 0 Å². The predicted octanol–water partition coefficient (Wildman–Crippen LogP) is 5.40. The molecule has 1 aromatic heterocycles. The van der Waals surface area contributed by atoms with Crippen molar-refractivity contribution in [1.29, 1.82) is 0 Å². The van der Waals surface area contributed by atoms with E-state index in [1.54, 1.807) is 6.07 Å². The van der Waals surface area contributed by atoms with Crippen LogP contribution in [0.5, 0.6) is 5.75 Å². The van der Waals surface area contributed by atoms with Gasteiger partial charge in [0.1, 0.15) is 5.75 Å². The number of nitrogens with zero attached hydrogens (tertiary/aromatic N) is 4. The third kappa shape index (κ3) is 3.55. The molecule has 5 heteroatoms. The molecule has 29 heavy (non-hydrogen) atoms. The van der Waals surface area contributed by atoms with Crippen LogP contribution in [-0.4, -0.2) is 38.4 Å². The zero-order chi connectivity index (χ0) is 20.8. The molecule has 1 aliphatic heterocycles. The first-order valence-corrected chi connectivity index (χ1v) is 10.3. The van der Waals surface area contributed by atoms with E-state index < -0.39 is 0 Å². The van der Waals surface area contributed by atoms with E-state index in [1.165, 1.54) is 6.42 Å². The lowest BCUT2D eigenvalue weighted by Crippen LogP contribution is -2.64. The molecule has 3 aromatic rings. The fourth-order valence-corrected chi connectivity index (χ4v) is 4.99. The average molecular weight is 391 g/mol. The van der Waals surface area contributed by atoms with Crippen LogP contribution in [0.3, 0.4) is 0 Å². The van der Waals surface area contributed by atoms with Gasteiger partial charge in [0, 0.05) is 29.1 Å². The van der Waals surface area contributed by atoms with Crippen LogP contribution in [0.2, 0.25) is 0 Å². The summed E-state index contributed by atoms with van der Waals surface area (Å²) in [4.78, 5) is 0. The predicted molar refractivity (Wildman–Crippen MR) is 119 cm³/mol. The van der Waals surface area contributed by atoms with E-state index >= 15 is 0 Å². The van der Waals surface area contributed by atoms with Crippen molar-refractivity contribution in [2.45, 2.75) is 58.0 Å². The summed E-state index contributed by atoms with van der Waals surface area (Å²) in [6.45, 7) is 9.18. The van der Waals surface area contributed by atoms with Crippen molar-refractivity contribution in [3.63, 3.8) is 0 Å². The van der Waals surface area contributed by atoms with Gasteiger partial charge in [0.15, 0.2) is 5.82 Å². The highest BCUT2D eigenvalue weighted by Crippen LogP contribution is 2.40. The standard InChI is InChI=1S/C24H30N4O/c1-23(2)13-8-14-24(3,4)28(23)27(5)22-12-11-20(25-26-22)18-15-17-9-6-7-10-19(17)21(29)16-18/h6-7,9-12,15-16,29H,8,13-14H2,1-5H3. The van der Waals surface area contributed by atoms with E-state index in [2.05, 4.69) is 55.0 Å². The number of anilines is 1. The van der Waals surface area contributed by atoms with E-state index in [0.29, 0.717) is 0 Å². The highest BCUT2D eigenvalue weighted by atomic mass is 16.3. The van der Waals surface area contributed by atoms with Gasteiger partial charge in [-0.15, -0.1) is 10.2 Å². The van der Waals surface area contributed by atoms with Gasteiger partial charge in [-0.2, -0.15) is 0 Å². The molecule has 152 valence electrons. The number of aromatic hydroxyl groups is 1. The quantitative estimate of drug-likeness (QED) is 0.649. The first-order valence-electron chi connectivity index (χ1n) is 10.3. The molecular weight excluding hydrogens is 360 g/mol. The Hall–Kier alpha value is -2.66. The van der Waals surface area contributed by atoms with Gasteiger partial charge in [0.25, 0.3) is 0 Å². The van der Waals surface area contributed by atoms with E-state index in [4.69, 9.17) is 0 Å². The lowest BCUT2D eigenvalue weighted by atomic mass is 9.81. The van der Waals surface area contributed by atoms with Crippen LogP contribution in [-0.2, 0) is 0 Å². The van der Waals surface area contributed by atoms with Crippen LogP contribution >= 0.6 is 0 Å². The summed E-state index contributed by atoms with van der Waals surface area (Å²) in [7, 11) is 2.07. The fraction of sp³-hybridized carbons (Fsp3) is 0.417. The van der Waals surface area contributed by atoms with Gasteiger partial charge in [-0.3, -0.25) is 5.01 Å². The molecule has 2 aromatic carbocycles. The Morgan fingerprint density at radius 2 is 1.62 bits per heavy atom. The Kier molecular flexibility index (Phi) is 4.74. The molecule has 2 heterocycles. The zero-order valence-electron chi connectivity index (χ0n) is 18.0. The molecule has 1 aliphatic rings. The van der Waals surface area contributed by atoms with E-state index in [0.717, 1.165) is 40.7 Å². The molecule has 0 aliphatic carbocycles. The minimum atomic E-state index is 0.0565. The lowest BCUT2D eigenvalue weighted by molar-refractivity contribution is -0.0332. The van der Waals surface area contributed by atoms with Crippen molar-refractivity contribution < 1.29 is 5.11 Å². The number of phenols is 1. The van der Waals surface area contributed by atoms with Gasteiger partial charge in [0.05, 0.1) is 5.69 Å². The third-order valence-corrected chi connectivity index (χ3v) is 6.14. The normalized spacial score (nSPS) is 18.7. The SMILES string of the molecule is CN(c1ccc(-c2cc(O)c3ccccc3c2)nn1)N1C(C)(C)CCCC1(C)C. The zero-order valence-corrected chi connectivity index (χ0v) is 18.0. The second-order valence-electron chi connectivity index (χ2n) is 9.31. The van der Waals surface area contributed by atoms with E-state index in [1.807, 2.05) is 42.5 Å². The van der Waals surface area contributed by atoms with Gasteiger partial charge < -0.3 is 5.11 Å². The van der Waals surface area contributed by atoms with Crippen molar-refractivity contribution in [1.82, 2.24) is 15.2 Å². The average Bonchev–Trinajstić information content (AvgIpc) is 2.66. The number of piperidine rings is 1.